The molecule has 0 aromatic heterocycles. The fourth-order valence-corrected chi connectivity index (χ4v) is 2.39. The zero-order chi connectivity index (χ0) is 28.3. The van der Waals surface area contributed by atoms with Crippen molar-refractivity contribution in [3.05, 3.63) is 36.5 Å². The first-order valence-electron chi connectivity index (χ1n) is 12.4. The maximum Gasteiger partial charge on any atom is 0.248 e. The van der Waals surface area contributed by atoms with Gasteiger partial charge in [-0.05, 0) is 45.6 Å². The molecule has 0 spiro atoms. The highest BCUT2D eigenvalue weighted by atomic mass is 16.2. The number of ketones is 1. The van der Waals surface area contributed by atoms with Gasteiger partial charge in [0.25, 0.3) is 0 Å². The largest absolute Gasteiger partial charge is 0.351 e. The van der Waals surface area contributed by atoms with Gasteiger partial charge in [0.15, 0.2) is 5.78 Å². The van der Waals surface area contributed by atoms with E-state index in [0.29, 0.717) is 55.4 Å². The molecule has 3 amide bonds. The van der Waals surface area contributed by atoms with Crippen LogP contribution in [0.3, 0.4) is 0 Å². The van der Waals surface area contributed by atoms with Gasteiger partial charge in [-0.15, -0.1) is 0 Å². The number of hydrogen-bond acceptors (Lipinski definition) is 4. The molecule has 0 saturated heterocycles. The van der Waals surface area contributed by atoms with Crippen molar-refractivity contribution in [2.24, 2.45) is 11.8 Å². The average molecular weight is 494 g/mol. The topological polar surface area (TPSA) is 86.8 Å². The van der Waals surface area contributed by atoms with Crippen LogP contribution in [-0.2, 0) is 19.2 Å². The molecule has 0 heterocycles. The summed E-state index contributed by atoms with van der Waals surface area (Å²) in [5.74, 6) is 0.103. The Morgan fingerprint density at radius 3 is 1.51 bits per heavy atom. The molecule has 0 aliphatic carbocycles. The number of nitrogens with zero attached hydrogens (tertiary/aromatic N) is 2. The molecule has 202 valence electrons. The number of carbonyl (C=O) groups is 4. The van der Waals surface area contributed by atoms with Gasteiger partial charge >= 0.3 is 0 Å². The van der Waals surface area contributed by atoms with Crippen molar-refractivity contribution in [1.29, 1.82) is 0 Å². The lowest BCUT2D eigenvalue weighted by Gasteiger charge is -2.29. The smallest absolute Gasteiger partial charge is 0.248 e. The summed E-state index contributed by atoms with van der Waals surface area (Å²) >= 11 is 0. The second-order valence-electron chi connectivity index (χ2n) is 9.11. The third kappa shape index (κ3) is 19.3. The van der Waals surface area contributed by atoms with Crippen molar-refractivity contribution >= 4 is 23.5 Å². The molecule has 0 bridgehead atoms. The number of amides is 3. The summed E-state index contributed by atoms with van der Waals surface area (Å²) in [5, 5.41) is 2.75. The van der Waals surface area contributed by atoms with Crippen LogP contribution in [0.1, 0.15) is 75.7 Å². The van der Waals surface area contributed by atoms with Crippen LogP contribution in [0.25, 0.3) is 0 Å². The van der Waals surface area contributed by atoms with E-state index in [1.807, 2.05) is 27.7 Å². The van der Waals surface area contributed by atoms with Crippen molar-refractivity contribution in [3.63, 3.8) is 0 Å². The molecule has 0 aliphatic rings. The second-order valence-corrected chi connectivity index (χ2v) is 9.11. The molecule has 0 aromatic rings. The summed E-state index contributed by atoms with van der Waals surface area (Å²) in [7, 11) is 0. The lowest BCUT2D eigenvalue weighted by molar-refractivity contribution is -0.136. The van der Waals surface area contributed by atoms with Crippen LogP contribution in [0.2, 0.25) is 0 Å². The first-order chi connectivity index (χ1) is 16.1. The summed E-state index contributed by atoms with van der Waals surface area (Å²) in [5.41, 5.74) is 1.55. The monoisotopic (exact) mass is 493 g/mol. The molecule has 0 aromatic carbocycles. The highest BCUT2D eigenvalue weighted by Gasteiger charge is 2.20. The minimum absolute atomic E-state index is 0.00570. The molecular weight excluding hydrogens is 442 g/mol. The minimum atomic E-state index is -0.219. The molecule has 7 heteroatoms. The Morgan fingerprint density at radius 2 is 1.17 bits per heavy atom. The standard InChI is InChI=1S/C21H37N3O3.C5H8O.C2H6/c1-15(2)9-11-23(20(26)17(5)6)13-14-24(21(27)18(7)8)12-10-22-19(25)16(3)4;1-4(2)5(3)6;1-2/h15,18H,3,5,9-14H2,1-2,4,6-8H3,(H,22,25);1H2,2-3H3;1-2H3. The van der Waals surface area contributed by atoms with Gasteiger partial charge in [0.05, 0.1) is 0 Å². The molecule has 0 aliphatic heterocycles. The van der Waals surface area contributed by atoms with E-state index in [0.717, 1.165) is 6.42 Å². The predicted octanol–water partition coefficient (Wildman–Crippen LogP) is 4.79. The van der Waals surface area contributed by atoms with Crippen molar-refractivity contribution in [2.75, 3.05) is 32.7 Å². The molecule has 0 rings (SSSR count). The average Bonchev–Trinajstić information content (AvgIpc) is 2.77. The minimum Gasteiger partial charge on any atom is -0.351 e. The van der Waals surface area contributed by atoms with Gasteiger partial charge in [-0.3, -0.25) is 19.2 Å². The molecule has 35 heavy (non-hydrogen) atoms. The van der Waals surface area contributed by atoms with Crippen LogP contribution in [0.4, 0.5) is 0 Å². The molecule has 0 radical (unpaired) electrons. The molecule has 7 nitrogen and oxygen atoms in total. The maximum absolute atomic E-state index is 12.5. The summed E-state index contributed by atoms with van der Waals surface area (Å²) in [6.07, 6.45) is 0.895. The fraction of sp³-hybridized carbons (Fsp3) is 0.643. The molecular formula is C28H51N3O4. The third-order valence-corrected chi connectivity index (χ3v) is 4.73. The summed E-state index contributed by atoms with van der Waals surface area (Å²) in [6.45, 7) is 31.5. The Balaban J connectivity index is -0.00000110. The van der Waals surface area contributed by atoms with Crippen LogP contribution < -0.4 is 5.32 Å². The van der Waals surface area contributed by atoms with E-state index in [1.54, 1.807) is 30.6 Å². The number of Topliss-reactive ketones (excluding diaryl/α,β-unsaturated/α-hetero) is 1. The van der Waals surface area contributed by atoms with Gasteiger partial charge in [-0.2, -0.15) is 0 Å². The number of nitrogens with one attached hydrogen (secondary N) is 1. The van der Waals surface area contributed by atoms with Crippen LogP contribution in [-0.4, -0.2) is 66.0 Å². The lowest BCUT2D eigenvalue weighted by Crippen LogP contribution is -2.45. The van der Waals surface area contributed by atoms with Gasteiger partial charge in [-0.25, -0.2) is 0 Å². The molecule has 0 fully saturated rings. The van der Waals surface area contributed by atoms with Gasteiger partial charge in [-0.1, -0.05) is 61.3 Å². The Labute approximate surface area is 214 Å². The van der Waals surface area contributed by atoms with Crippen LogP contribution >= 0.6 is 0 Å². The fourth-order valence-electron chi connectivity index (χ4n) is 2.39. The van der Waals surface area contributed by atoms with Gasteiger partial charge in [0, 0.05) is 49.8 Å². The Hall–Kier alpha value is -2.70. The summed E-state index contributed by atoms with van der Waals surface area (Å²) in [6, 6.07) is 0. The van der Waals surface area contributed by atoms with Crippen molar-refractivity contribution in [1.82, 2.24) is 15.1 Å². The lowest BCUT2D eigenvalue weighted by atomic mass is 10.1. The van der Waals surface area contributed by atoms with E-state index in [9.17, 15) is 19.2 Å². The summed E-state index contributed by atoms with van der Waals surface area (Å²) < 4.78 is 0. The first kappa shape index (κ1) is 36.9. The van der Waals surface area contributed by atoms with Gasteiger partial charge in [0.1, 0.15) is 0 Å². The van der Waals surface area contributed by atoms with Crippen LogP contribution in [0.5, 0.6) is 0 Å². The Kier molecular flexibility index (Phi) is 21.8. The zero-order valence-corrected chi connectivity index (χ0v) is 24.0. The quantitative estimate of drug-likeness (QED) is 0.374. The predicted molar refractivity (Wildman–Crippen MR) is 147 cm³/mol. The number of carbonyl (C=O) groups excluding carboxylic acids is 4. The number of hydrogen-bond donors (Lipinski definition) is 1. The highest BCUT2D eigenvalue weighted by Crippen LogP contribution is 2.08. The normalized spacial score (nSPS) is 9.71. The van der Waals surface area contributed by atoms with E-state index in [-0.39, 0.29) is 29.4 Å². The van der Waals surface area contributed by atoms with E-state index >= 15 is 0 Å². The van der Waals surface area contributed by atoms with Crippen molar-refractivity contribution in [3.8, 4) is 0 Å². The molecule has 0 saturated carbocycles. The molecule has 0 unspecified atom stereocenters. The number of allylic oxidation sites excluding steroid dienone is 1. The van der Waals surface area contributed by atoms with E-state index in [2.05, 4.69) is 38.9 Å². The highest BCUT2D eigenvalue weighted by molar-refractivity contribution is 5.93. The maximum atomic E-state index is 12.5. The van der Waals surface area contributed by atoms with Gasteiger partial charge < -0.3 is 15.1 Å². The van der Waals surface area contributed by atoms with Gasteiger partial charge in [0.2, 0.25) is 17.7 Å². The molecule has 1 N–H and O–H groups in total. The third-order valence-electron chi connectivity index (χ3n) is 4.73. The van der Waals surface area contributed by atoms with E-state index < -0.39 is 0 Å². The van der Waals surface area contributed by atoms with Crippen LogP contribution in [0, 0.1) is 11.8 Å². The Morgan fingerprint density at radius 1 is 0.714 bits per heavy atom. The zero-order valence-electron chi connectivity index (χ0n) is 24.0. The SMILES string of the molecule is C=C(C)C(=O)NCCN(CCN(CCC(C)C)C(=O)C(=C)C)C(=O)C(C)C.C=C(C)C(C)=O.CC. The summed E-state index contributed by atoms with van der Waals surface area (Å²) in [4.78, 5) is 50.1. The van der Waals surface area contributed by atoms with Crippen LogP contribution in [0.15, 0.2) is 36.5 Å². The van der Waals surface area contributed by atoms with Crippen molar-refractivity contribution < 1.29 is 19.2 Å². The molecule has 0 atom stereocenters. The second kappa shape index (κ2) is 20.7. The van der Waals surface area contributed by atoms with E-state index in [1.165, 1.54) is 6.92 Å². The van der Waals surface area contributed by atoms with Crippen molar-refractivity contribution in [2.45, 2.75) is 75.7 Å². The Bertz CT molecular complexity index is 712. The first-order valence-corrected chi connectivity index (χ1v) is 12.4. The van der Waals surface area contributed by atoms with E-state index in [4.69, 9.17) is 0 Å². The number of rotatable bonds is 13.